The molecular formula is C14H18N2O2. The first-order valence-electron chi connectivity index (χ1n) is 6.47. The summed E-state index contributed by atoms with van der Waals surface area (Å²) in [5, 5.41) is 0. The number of methoxy groups -OCH3 is 1. The van der Waals surface area contributed by atoms with Crippen molar-refractivity contribution in [3.63, 3.8) is 0 Å². The van der Waals surface area contributed by atoms with Crippen LogP contribution >= 0.6 is 0 Å². The molecule has 0 bridgehead atoms. The van der Waals surface area contributed by atoms with E-state index >= 15 is 0 Å². The lowest BCUT2D eigenvalue weighted by Crippen LogP contribution is -2.26. The highest BCUT2D eigenvalue weighted by Gasteiger charge is 2.25. The summed E-state index contributed by atoms with van der Waals surface area (Å²) in [6.45, 7) is 0. The van der Waals surface area contributed by atoms with Crippen molar-refractivity contribution in [2.24, 2.45) is 5.73 Å². The second-order valence-electron chi connectivity index (χ2n) is 4.98. The number of nitrogens with two attached hydrogens (primary N) is 1. The maximum absolute atomic E-state index is 6.02. The van der Waals surface area contributed by atoms with E-state index in [1.165, 1.54) is 0 Å². The van der Waals surface area contributed by atoms with Gasteiger partial charge in [-0.05, 0) is 31.4 Å². The van der Waals surface area contributed by atoms with Gasteiger partial charge in [-0.1, -0.05) is 12.5 Å². The summed E-state index contributed by atoms with van der Waals surface area (Å²) in [5.41, 5.74) is 7.63. The Morgan fingerprint density at radius 1 is 1.39 bits per heavy atom. The molecule has 0 radical (unpaired) electrons. The first kappa shape index (κ1) is 11.5. The summed E-state index contributed by atoms with van der Waals surface area (Å²) >= 11 is 0. The lowest BCUT2D eigenvalue weighted by atomic mass is 9.86. The van der Waals surface area contributed by atoms with Crippen LogP contribution < -0.4 is 10.5 Å². The fourth-order valence-electron chi connectivity index (χ4n) is 2.73. The fourth-order valence-corrected chi connectivity index (χ4v) is 2.73. The predicted molar refractivity (Wildman–Crippen MR) is 69.7 cm³/mol. The number of para-hydroxylation sites is 1. The third-order valence-corrected chi connectivity index (χ3v) is 3.68. The number of oxazole rings is 1. The predicted octanol–water partition coefficient (Wildman–Crippen LogP) is 2.82. The number of benzene rings is 1. The quantitative estimate of drug-likeness (QED) is 0.885. The number of hydrogen-bond donors (Lipinski definition) is 1. The van der Waals surface area contributed by atoms with E-state index in [1.807, 2.05) is 18.2 Å². The highest BCUT2D eigenvalue weighted by molar-refractivity contribution is 5.79. The normalized spacial score (nSPS) is 24.3. The summed E-state index contributed by atoms with van der Waals surface area (Å²) < 4.78 is 11.2. The Hall–Kier alpha value is -1.55. The number of aromatic nitrogens is 1. The summed E-state index contributed by atoms with van der Waals surface area (Å²) in [4.78, 5) is 4.59. The molecule has 1 aromatic carbocycles. The second kappa shape index (κ2) is 4.61. The Kier molecular flexibility index (Phi) is 2.96. The van der Waals surface area contributed by atoms with Crippen LogP contribution in [-0.2, 0) is 0 Å². The van der Waals surface area contributed by atoms with Crippen molar-refractivity contribution in [3.8, 4) is 5.75 Å². The van der Waals surface area contributed by atoms with E-state index in [4.69, 9.17) is 14.9 Å². The van der Waals surface area contributed by atoms with Crippen LogP contribution in [0.15, 0.2) is 22.6 Å². The van der Waals surface area contributed by atoms with Gasteiger partial charge in [0.15, 0.2) is 17.0 Å². The number of rotatable bonds is 2. The van der Waals surface area contributed by atoms with Gasteiger partial charge in [-0.2, -0.15) is 0 Å². The molecule has 0 saturated heterocycles. The highest BCUT2D eigenvalue weighted by Crippen LogP contribution is 2.35. The second-order valence-corrected chi connectivity index (χ2v) is 4.98. The van der Waals surface area contributed by atoms with E-state index in [2.05, 4.69) is 4.98 Å². The Morgan fingerprint density at radius 3 is 3.06 bits per heavy atom. The van der Waals surface area contributed by atoms with Gasteiger partial charge < -0.3 is 14.9 Å². The van der Waals surface area contributed by atoms with E-state index in [9.17, 15) is 0 Å². The Labute approximate surface area is 106 Å². The maximum Gasteiger partial charge on any atom is 0.198 e. The summed E-state index contributed by atoms with van der Waals surface area (Å²) in [6.07, 6.45) is 4.35. The van der Waals surface area contributed by atoms with Gasteiger partial charge in [0.1, 0.15) is 5.75 Å². The molecule has 0 aliphatic heterocycles. The molecule has 2 unspecified atom stereocenters. The molecule has 2 aromatic rings. The molecule has 2 atom stereocenters. The zero-order valence-electron chi connectivity index (χ0n) is 10.6. The van der Waals surface area contributed by atoms with Crippen LogP contribution in [0.4, 0.5) is 0 Å². The van der Waals surface area contributed by atoms with Crippen LogP contribution in [0.2, 0.25) is 0 Å². The minimum absolute atomic E-state index is 0.278. The van der Waals surface area contributed by atoms with Crippen LogP contribution in [0.5, 0.6) is 5.75 Å². The molecule has 1 aliphatic carbocycles. The standard InChI is InChI=1S/C14H18N2O2/c1-17-11-6-3-7-12-13(11)16-14(18-12)9-4-2-5-10(15)8-9/h3,6-7,9-10H,2,4-5,8,15H2,1H3. The minimum atomic E-state index is 0.278. The monoisotopic (exact) mass is 246 g/mol. The molecule has 1 heterocycles. The van der Waals surface area contributed by atoms with Crippen molar-refractivity contribution < 1.29 is 9.15 Å². The highest BCUT2D eigenvalue weighted by atomic mass is 16.5. The van der Waals surface area contributed by atoms with Crippen molar-refractivity contribution in [1.82, 2.24) is 4.98 Å². The van der Waals surface area contributed by atoms with Crippen molar-refractivity contribution in [1.29, 1.82) is 0 Å². The van der Waals surface area contributed by atoms with Crippen molar-refractivity contribution in [3.05, 3.63) is 24.1 Å². The molecule has 4 nitrogen and oxygen atoms in total. The first-order chi connectivity index (χ1) is 8.78. The van der Waals surface area contributed by atoms with E-state index in [1.54, 1.807) is 7.11 Å². The topological polar surface area (TPSA) is 61.3 Å². The first-order valence-corrected chi connectivity index (χ1v) is 6.47. The van der Waals surface area contributed by atoms with E-state index < -0.39 is 0 Å². The van der Waals surface area contributed by atoms with E-state index in [-0.39, 0.29) is 6.04 Å². The molecule has 2 N–H and O–H groups in total. The van der Waals surface area contributed by atoms with Gasteiger partial charge in [-0.25, -0.2) is 4.98 Å². The van der Waals surface area contributed by atoms with Gasteiger partial charge in [0.05, 0.1) is 7.11 Å². The van der Waals surface area contributed by atoms with Gasteiger partial charge >= 0.3 is 0 Å². The van der Waals surface area contributed by atoms with Crippen molar-refractivity contribution in [2.45, 2.75) is 37.6 Å². The molecule has 0 amide bonds. The Bertz CT molecular complexity index is 550. The van der Waals surface area contributed by atoms with Gasteiger partial charge in [-0.3, -0.25) is 0 Å². The zero-order chi connectivity index (χ0) is 12.5. The van der Waals surface area contributed by atoms with Crippen LogP contribution in [0.3, 0.4) is 0 Å². The number of ether oxygens (including phenoxy) is 1. The maximum atomic E-state index is 6.02. The largest absolute Gasteiger partial charge is 0.494 e. The molecule has 0 spiro atoms. The Morgan fingerprint density at radius 2 is 2.28 bits per heavy atom. The molecular weight excluding hydrogens is 228 g/mol. The zero-order valence-corrected chi connectivity index (χ0v) is 10.6. The molecule has 1 fully saturated rings. The smallest absolute Gasteiger partial charge is 0.198 e. The SMILES string of the molecule is COc1cccc2oc(C3CCCC(N)C3)nc12. The molecule has 18 heavy (non-hydrogen) atoms. The van der Waals surface area contributed by atoms with Crippen LogP contribution in [0, 0.1) is 0 Å². The van der Waals surface area contributed by atoms with Gasteiger partial charge in [0.2, 0.25) is 0 Å². The fraction of sp³-hybridized carbons (Fsp3) is 0.500. The lowest BCUT2D eigenvalue weighted by Gasteiger charge is -2.23. The van der Waals surface area contributed by atoms with Gasteiger partial charge in [0.25, 0.3) is 0 Å². The summed E-state index contributed by atoms with van der Waals surface area (Å²) in [7, 11) is 1.65. The average molecular weight is 246 g/mol. The third-order valence-electron chi connectivity index (χ3n) is 3.68. The summed E-state index contributed by atoms with van der Waals surface area (Å²) in [6, 6.07) is 6.03. The Balaban J connectivity index is 1.97. The molecule has 1 saturated carbocycles. The van der Waals surface area contributed by atoms with Crippen LogP contribution in [0.25, 0.3) is 11.1 Å². The van der Waals surface area contributed by atoms with Crippen LogP contribution in [-0.4, -0.2) is 18.1 Å². The molecule has 96 valence electrons. The molecule has 1 aliphatic rings. The number of nitrogens with zero attached hydrogens (tertiary/aromatic N) is 1. The van der Waals surface area contributed by atoms with Gasteiger partial charge in [0, 0.05) is 12.0 Å². The third kappa shape index (κ3) is 1.97. The minimum Gasteiger partial charge on any atom is -0.494 e. The molecule has 1 aromatic heterocycles. The average Bonchev–Trinajstić information content (AvgIpc) is 2.82. The van der Waals surface area contributed by atoms with E-state index in [0.717, 1.165) is 48.4 Å². The lowest BCUT2D eigenvalue weighted by molar-refractivity contribution is 0.343. The number of fused-ring (bicyclic) bond motifs is 1. The van der Waals surface area contributed by atoms with Crippen LogP contribution in [0.1, 0.15) is 37.5 Å². The molecule has 4 heteroatoms. The summed E-state index contributed by atoms with van der Waals surface area (Å²) in [5.74, 6) is 1.93. The van der Waals surface area contributed by atoms with Crippen molar-refractivity contribution in [2.75, 3.05) is 7.11 Å². The number of hydrogen-bond acceptors (Lipinski definition) is 4. The van der Waals surface area contributed by atoms with Crippen molar-refractivity contribution >= 4 is 11.1 Å². The molecule has 3 rings (SSSR count). The van der Waals surface area contributed by atoms with Gasteiger partial charge in [-0.15, -0.1) is 0 Å². The van der Waals surface area contributed by atoms with E-state index in [0.29, 0.717) is 5.92 Å².